The molecule has 5 heterocycles. The highest BCUT2D eigenvalue weighted by molar-refractivity contribution is 9.10. The third-order valence-electron chi connectivity index (χ3n) is 11.9. The summed E-state index contributed by atoms with van der Waals surface area (Å²) in [6, 6.07) is 16.0. The summed E-state index contributed by atoms with van der Waals surface area (Å²) in [5, 5.41) is 10.3. The van der Waals surface area contributed by atoms with E-state index in [4.69, 9.17) is 0 Å². The van der Waals surface area contributed by atoms with Crippen LogP contribution in [0.5, 0.6) is 0 Å². The number of imide groups is 1. The smallest absolute Gasteiger partial charge is 0.282 e. The number of likely N-dealkylation sites (tertiary alicyclic amines) is 2. The number of carbonyl (C=O) groups is 2. The molecular weight excluding hydrogens is 694 g/mol. The number of amides is 2. The summed E-state index contributed by atoms with van der Waals surface area (Å²) in [5.74, 6) is -0.139. The second-order valence-corrected chi connectivity index (χ2v) is 16.1. The number of rotatable bonds is 7. The van der Waals surface area contributed by atoms with E-state index in [0.29, 0.717) is 28.6 Å². The van der Waals surface area contributed by atoms with E-state index in [9.17, 15) is 14.4 Å². The first-order chi connectivity index (χ1) is 24.1. The Kier molecular flexibility index (Phi) is 10.2. The third-order valence-corrected chi connectivity index (χ3v) is 12.7. The molecule has 4 aliphatic heterocycles. The van der Waals surface area contributed by atoms with Crippen LogP contribution in [-0.2, 0) is 23.2 Å². The van der Waals surface area contributed by atoms with Gasteiger partial charge in [0, 0.05) is 57.9 Å². The number of benzene rings is 2. The molecule has 0 aliphatic carbocycles. The summed E-state index contributed by atoms with van der Waals surface area (Å²) >= 11 is 3.46. The zero-order valence-corrected chi connectivity index (χ0v) is 31.2. The topological polar surface area (TPSA) is 103 Å². The van der Waals surface area contributed by atoms with Crippen molar-refractivity contribution in [3.05, 3.63) is 85.7 Å². The minimum Gasteiger partial charge on any atom is -0.379 e. The normalized spacial score (nSPS) is 24.7. The van der Waals surface area contributed by atoms with Gasteiger partial charge in [-0.1, -0.05) is 30.3 Å². The van der Waals surface area contributed by atoms with Crippen LogP contribution in [0.4, 0.5) is 11.4 Å². The average Bonchev–Trinajstić information content (AvgIpc) is 3.10. The Bertz CT molecular complexity index is 1780. The number of anilines is 2. The third kappa shape index (κ3) is 7.55. The lowest BCUT2D eigenvalue weighted by Crippen LogP contribution is -2.46. The van der Waals surface area contributed by atoms with Crippen LogP contribution in [-0.4, -0.2) is 83.8 Å². The first-order valence-electron chi connectivity index (χ1n) is 18.2. The van der Waals surface area contributed by atoms with Gasteiger partial charge in [-0.3, -0.25) is 24.6 Å². The fraction of sp³-hybridized carbons (Fsp3) is 0.538. The molecule has 2 aromatic carbocycles. The number of aromatic nitrogens is 2. The molecule has 1 unspecified atom stereocenters. The molecule has 4 aliphatic rings. The molecule has 2 amide bonds. The molecule has 11 heteroatoms. The van der Waals surface area contributed by atoms with Crippen LogP contribution in [0.25, 0.3) is 0 Å². The number of nitrogens with zero attached hydrogens (tertiary/aromatic N) is 5. The SMILES string of the molecule is Cc1cc(N2CCC3(CCN(Cc4ccc([C@@H]5C[C@H](Nc6cnn(C)c(=O)c6Br)CN(C)C5)cc4)CC3)CC2)ccc1C1CCC(=O)NC1=O. The molecule has 2 N–H and O–H groups in total. The van der Waals surface area contributed by atoms with E-state index in [0.717, 1.165) is 69.0 Å². The van der Waals surface area contributed by atoms with Crippen LogP contribution in [0.15, 0.2) is 57.9 Å². The van der Waals surface area contributed by atoms with E-state index in [1.165, 1.54) is 47.2 Å². The van der Waals surface area contributed by atoms with E-state index < -0.39 is 0 Å². The quantitative estimate of drug-likeness (QED) is 0.321. The first-order valence-corrected chi connectivity index (χ1v) is 19.0. The van der Waals surface area contributed by atoms with Crippen molar-refractivity contribution in [1.29, 1.82) is 0 Å². The fourth-order valence-electron chi connectivity index (χ4n) is 8.81. The number of halogens is 1. The molecule has 266 valence electrons. The summed E-state index contributed by atoms with van der Waals surface area (Å²) in [6.07, 6.45) is 8.70. The molecule has 50 heavy (non-hydrogen) atoms. The van der Waals surface area contributed by atoms with Gasteiger partial charge in [0.05, 0.1) is 17.8 Å². The molecule has 10 nitrogen and oxygen atoms in total. The van der Waals surface area contributed by atoms with Gasteiger partial charge < -0.3 is 15.1 Å². The maximum Gasteiger partial charge on any atom is 0.282 e. The zero-order valence-electron chi connectivity index (χ0n) is 29.6. The lowest BCUT2D eigenvalue weighted by atomic mass is 9.71. The van der Waals surface area contributed by atoms with Crippen molar-refractivity contribution >= 4 is 39.1 Å². The Hall–Kier alpha value is -3.54. The van der Waals surface area contributed by atoms with Gasteiger partial charge in [-0.05, 0) is 127 Å². The number of nitrogens with one attached hydrogen (secondary N) is 2. The van der Waals surface area contributed by atoms with Crippen LogP contribution in [0.1, 0.15) is 79.0 Å². The molecule has 4 fully saturated rings. The molecule has 0 radical (unpaired) electrons. The van der Waals surface area contributed by atoms with E-state index in [2.05, 4.69) is 103 Å². The van der Waals surface area contributed by atoms with Gasteiger partial charge >= 0.3 is 0 Å². The Labute approximate surface area is 303 Å². The van der Waals surface area contributed by atoms with Crippen molar-refractivity contribution in [1.82, 2.24) is 24.9 Å². The van der Waals surface area contributed by atoms with Crippen molar-refractivity contribution < 1.29 is 9.59 Å². The van der Waals surface area contributed by atoms with Crippen LogP contribution >= 0.6 is 15.9 Å². The molecule has 0 saturated carbocycles. The molecule has 3 aromatic rings. The summed E-state index contributed by atoms with van der Waals surface area (Å²) in [7, 11) is 3.83. The van der Waals surface area contributed by atoms with Crippen LogP contribution < -0.4 is 21.1 Å². The van der Waals surface area contributed by atoms with Gasteiger partial charge in [0.2, 0.25) is 11.8 Å². The van der Waals surface area contributed by atoms with Crippen molar-refractivity contribution in [2.45, 2.75) is 76.3 Å². The number of likely N-dealkylation sites (N-methyl/N-ethyl adjacent to an activating group) is 1. The predicted octanol–water partition coefficient (Wildman–Crippen LogP) is 5.15. The van der Waals surface area contributed by atoms with Gasteiger partial charge in [0.15, 0.2) is 0 Å². The Morgan fingerprint density at radius 2 is 1.68 bits per heavy atom. The summed E-state index contributed by atoms with van der Waals surface area (Å²) in [4.78, 5) is 43.9. The molecule has 0 bridgehead atoms. The van der Waals surface area contributed by atoms with E-state index in [1.807, 2.05) is 0 Å². The highest BCUT2D eigenvalue weighted by atomic mass is 79.9. The monoisotopic (exact) mass is 743 g/mol. The Balaban J connectivity index is 0.888. The average molecular weight is 745 g/mol. The minimum atomic E-state index is -0.232. The minimum absolute atomic E-state index is 0.136. The number of hydrogen-bond acceptors (Lipinski definition) is 8. The molecule has 4 saturated heterocycles. The number of hydrogen-bond donors (Lipinski definition) is 2. The summed E-state index contributed by atoms with van der Waals surface area (Å²) in [5.41, 5.74) is 7.23. The maximum atomic E-state index is 12.4. The first kappa shape index (κ1) is 34.9. The summed E-state index contributed by atoms with van der Waals surface area (Å²) < 4.78 is 1.87. The van der Waals surface area contributed by atoms with E-state index in [1.54, 1.807) is 13.2 Å². The van der Waals surface area contributed by atoms with Gasteiger partial charge in [-0.15, -0.1) is 0 Å². The number of aryl methyl sites for hydroxylation is 2. The molecule has 1 spiro atoms. The van der Waals surface area contributed by atoms with Gasteiger partial charge in [0.1, 0.15) is 4.47 Å². The highest BCUT2D eigenvalue weighted by Crippen LogP contribution is 2.43. The molecule has 3 atom stereocenters. The Morgan fingerprint density at radius 1 is 0.960 bits per heavy atom. The largest absolute Gasteiger partial charge is 0.379 e. The van der Waals surface area contributed by atoms with Crippen molar-refractivity contribution in [3.8, 4) is 0 Å². The van der Waals surface area contributed by atoms with Gasteiger partial charge in [-0.2, -0.15) is 5.10 Å². The standard InChI is InChI=1S/C39H50BrN7O3/c1-26-20-31(8-9-32(26)33-10-11-35(48)43-37(33)49)47-18-14-39(15-19-47)12-16-46(17-13-39)23-27-4-6-28(7-5-27)29-21-30(25-44(2)24-29)42-34-22-41-45(3)38(50)36(34)40/h4-9,20,22,29-30,33,42H,10-19,21,23-25H2,1-3H3,(H,43,48,49)/t29-,30+,33?/m1/s1. The summed E-state index contributed by atoms with van der Waals surface area (Å²) in [6.45, 7) is 9.47. The van der Waals surface area contributed by atoms with Crippen molar-refractivity contribution in [2.24, 2.45) is 12.5 Å². The number of carbonyl (C=O) groups excluding carboxylic acids is 2. The van der Waals surface area contributed by atoms with Crippen molar-refractivity contribution in [3.63, 3.8) is 0 Å². The molecule has 1 aromatic heterocycles. The zero-order chi connectivity index (χ0) is 35.0. The van der Waals surface area contributed by atoms with E-state index in [-0.39, 0.29) is 29.3 Å². The second kappa shape index (κ2) is 14.6. The van der Waals surface area contributed by atoms with Crippen molar-refractivity contribution in [2.75, 3.05) is 56.5 Å². The second-order valence-electron chi connectivity index (χ2n) is 15.3. The molecular formula is C39H50BrN7O3. The Morgan fingerprint density at radius 3 is 2.38 bits per heavy atom. The maximum absolute atomic E-state index is 12.4. The fourth-order valence-corrected chi connectivity index (χ4v) is 9.29. The van der Waals surface area contributed by atoms with E-state index >= 15 is 0 Å². The van der Waals surface area contributed by atoms with Gasteiger partial charge in [0.25, 0.3) is 5.56 Å². The van der Waals surface area contributed by atoms with Crippen LogP contribution in [0, 0.1) is 12.3 Å². The lowest BCUT2D eigenvalue weighted by Gasteiger charge is -2.47. The van der Waals surface area contributed by atoms with Crippen LogP contribution in [0.2, 0.25) is 0 Å². The van der Waals surface area contributed by atoms with Gasteiger partial charge in [-0.25, -0.2) is 4.68 Å². The lowest BCUT2D eigenvalue weighted by molar-refractivity contribution is -0.134. The van der Waals surface area contributed by atoms with Crippen LogP contribution in [0.3, 0.4) is 0 Å². The number of piperidine rings is 4. The molecule has 7 rings (SSSR count). The highest BCUT2D eigenvalue weighted by Gasteiger charge is 2.38. The predicted molar refractivity (Wildman–Crippen MR) is 201 cm³/mol.